The van der Waals surface area contributed by atoms with Crippen LogP contribution in [-0.2, 0) is 9.53 Å². The van der Waals surface area contributed by atoms with Crippen LogP contribution in [0.5, 0.6) is 17.2 Å². The summed E-state index contributed by atoms with van der Waals surface area (Å²) in [5, 5.41) is 0.630. The van der Waals surface area contributed by atoms with Gasteiger partial charge in [0.05, 0.1) is 37.5 Å². The number of hydrogen-bond acceptors (Lipinski definition) is 7. The van der Waals surface area contributed by atoms with E-state index in [1.807, 2.05) is 30.3 Å². The number of methoxy groups -OCH3 is 4. The number of thioether (sulfide) groups is 1. The smallest absolute Gasteiger partial charge is 0.266 e. The van der Waals surface area contributed by atoms with Gasteiger partial charge in [-0.25, -0.2) is 4.99 Å². The number of nitrogens with zero attached hydrogens (tertiary/aromatic N) is 2. The Morgan fingerprint density at radius 2 is 1.68 bits per heavy atom. The molecule has 7 nitrogen and oxygen atoms in total. The number of hydrogen-bond donors (Lipinski definition) is 0. The molecule has 2 aromatic carbocycles. The van der Waals surface area contributed by atoms with E-state index in [-0.39, 0.29) is 5.91 Å². The number of amides is 1. The molecule has 1 aliphatic rings. The molecule has 3 rings (SSSR count). The van der Waals surface area contributed by atoms with Crippen molar-refractivity contribution in [1.82, 2.24) is 4.90 Å². The predicted molar refractivity (Wildman–Crippen MR) is 123 cm³/mol. The summed E-state index contributed by atoms with van der Waals surface area (Å²) < 4.78 is 21.5. The summed E-state index contributed by atoms with van der Waals surface area (Å²) in [5.74, 6) is 1.59. The maximum absolute atomic E-state index is 13.2. The van der Waals surface area contributed by atoms with Crippen molar-refractivity contribution in [2.75, 3.05) is 41.6 Å². The molecule has 1 fully saturated rings. The summed E-state index contributed by atoms with van der Waals surface area (Å²) in [4.78, 5) is 20.2. The molecule has 1 saturated heterocycles. The second-order valence-corrected chi connectivity index (χ2v) is 7.60. The van der Waals surface area contributed by atoms with Crippen LogP contribution in [0, 0.1) is 0 Å². The van der Waals surface area contributed by atoms with Crippen LogP contribution in [0.2, 0.25) is 0 Å². The molecule has 0 spiro atoms. The maximum Gasteiger partial charge on any atom is 0.266 e. The zero-order valence-electron chi connectivity index (χ0n) is 18.1. The molecular formula is C23H26N2O5S. The first-order chi connectivity index (χ1) is 15.1. The summed E-state index contributed by atoms with van der Waals surface area (Å²) in [6.45, 7) is 1.08. The van der Waals surface area contributed by atoms with Gasteiger partial charge < -0.3 is 18.9 Å². The SMILES string of the molecule is COCCCN1C(=O)/C(=C/c2c(OC)cc(OC)cc2OC)SC1=Nc1ccccc1. The van der Waals surface area contributed by atoms with Gasteiger partial charge in [-0.3, -0.25) is 9.69 Å². The molecule has 0 radical (unpaired) electrons. The average Bonchev–Trinajstić information content (AvgIpc) is 3.08. The lowest BCUT2D eigenvalue weighted by molar-refractivity contribution is -0.122. The van der Waals surface area contributed by atoms with Gasteiger partial charge >= 0.3 is 0 Å². The fourth-order valence-electron chi connectivity index (χ4n) is 3.07. The van der Waals surface area contributed by atoms with Crippen LogP contribution in [-0.4, -0.2) is 57.6 Å². The first-order valence-electron chi connectivity index (χ1n) is 9.75. The topological polar surface area (TPSA) is 69.6 Å². The van der Waals surface area contributed by atoms with Gasteiger partial charge in [-0.15, -0.1) is 0 Å². The summed E-state index contributed by atoms with van der Waals surface area (Å²) >= 11 is 1.33. The highest BCUT2D eigenvalue weighted by Crippen LogP contribution is 2.40. The van der Waals surface area contributed by atoms with E-state index in [0.29, 0.717) is 52.5 Å². The molecule has 0 aromatic heterocycles. The fraction of sp³-hybridized carbons (Fsp3) is 0.304. The molecule has 31 heavy (non-hydrogen) atoms. The Hall–Kier alpha value is -2.97. The normalized spacial score (nSPS) is 16.3. The third-order valence-electron chi connectivity index (χ3n) is 4.63. The highest BCUT2D eigenvalue weighted by molar-refractivity contribution is 8.18. The Balaban J connectivity index is 2.01. The standard InChI is InChI=1S/C23H26N2O5S/c1-27-12-8-11-25-22(26)21(31-23(25)24-16-9-6-5-7-10-16)15-18-19(29-3)13-17(28-2)14-20(18)30-4/h5-7,9-10,13-15H,8,11-12H2,1-4H3/b21-15-,24-23?. The highest BCUT2D eigenvalue weighted by atomic mass is 32.2. The summed E-state index contributed by atoms with van der Waals surface area (Å²) in [7, 11) is 6.36. The molecule has 0 saturated carbocycles. The van der Waals surface area contributed by atoms with Gasteiger partial charge in [-0.05, 0) is 36.4 Å². The number of carbonyl (C=O) groups is 1. The second kappa shape index (κ2) is 10.9. The van der Waals surface area contributed by atoms with Crippen molar-refractivity contribution in [3.63, 3.8) is 0 Å². The zero-order chi connectivity index (χ0) is 22.2. The molecule has 8 heteroatoms. The summed E-state index contributed by atoms with van der Waals surface area (Å²) in [6, 6.07) is 13.1. The molecule has 1 heterocycles. The van der Waals surface area contributed by atoms with Crippen molar-refractivity contribution in [3.8, 4) is 17.2 Å². The Bertz CT molecular complexity index is 950. The number of aliphatic imine (C=N–C) groups is 1. The van der Waals surface area contributed by atoms with Crippen LogP contribution in [0.15, 0.2) is 52.4 Å². The first-order valence-corrected chi connectivity index (χ1v) is 10.6. The number of amidine groups is 1. The van der Waals surface area contributed by atoms with E-state index in [2.05, 4.69) is 0 Å². The molecule has 0 aliphatic carbocycles. The summed E-state index contributed by atoms with van der Waals surface area (Å²) in [6.07, 6.45) is 2.49. The van der Waals surface area contributed by atoms with Gasteiger partial charge in [0.25, 0.3) is 5.91 Å². The van der Waals surface area contributed by atoms with Gasteiger partial charge in [-0.2, -0.15) is 0 Å². The van der Waals surface area contributed by atoms with Crippen molar-refractivity contribution in [2.24, 2.45) is 4.99 Å². The lowest BCUT2D eigenvalue weighted by Crippen LogP contribution is -2.30. The fourth-order valence-corrected chi connectivity index (χ4v) is 4.08. The maximum atomic E-state index is 13.2. The number of rotatable bonds is 9. The van der Waals surface area contributed by atoms with E-state index >= 15 is 0 Å². The third kappa shape index (κ3) is 5.39. The Morgan fingerprint density at radius 1 is 1.00 bits per heavy atom. The van der Waals surface area contributed by atoms with E-state index < -0.39 is 0 Å². The van der Waals surface area contributed by atoms with Crippen LogP contribution in [0.1, 0.15) is 12.0 Å². The van der Waals surface area contributed by atoms with Crippen LogP contribution in [0.25, 0.3) is 6.08 Å². The van der Waals surface area contributed by atoms with Gasteiger partial charge in [-0.1, -0.05) is 18.2 Å². The van der Waals surface area contributed by atoms with Crippen LogP contribution in [0.3, 0.4) is 0 Å². The van der Waals surface area contributed by atoms with Crippen LogP contribution in [0.4, 0.5) is 5.69 Å². The van der Waals surface area contributed by atoms with Crippen molar-refractivity contribution in [2.45, 2.75) is 6.42 Å². The molecular weight excluding hydrogens is 416 g/mol. The molecule has 0 N–H and O–H groups in total. The average molecular weight is 443 g/mol. The van der Waals surface area contributed by atoms with Crippen molar-refractivity contribution in [3.05, 3.63) is 52.9 Å². The lowest BCUT2D eigenvalue weighted by atomic mass is 10.1. The van der Waals surface area contributed by atoms with Crippen LogP contribution >= 0.6 is 11.8 Å². The predicted octanol–water partition coefficient (Wildman–Crippen LogP) is 4.35. The Labute approximate surface area is 186 Å². The zero-order valence-corrected chi connectivity index (χ0v) is 18.9. The molecule has 0 atom stereocenters. The minimum Gasteiger partial charge on any atom is -0.496 e. The monoisotopic (exact) mass is 442 g/mol. The number of carbonyl (C=O) groups excluding carboxylic acids is 1. The number of para-hydroxylation sites is 1. The molecule has 1 aliphatic heterocycles. The minimum absolute atomic E-state index is 0.115. The van der Waals surface area contributed by atoms with Gasteiger partial charge in [0, 0.05) is 32.4 Å². The van der Waals surface area contributed by atoms with E-state index in [0.717, 1.165) is 5.69 Å². The second-order valence-electron chi connectivity index (χ2n) is 6.59. The molecule has 164 valence electrons. The lowest BCUT2D eigenvalue weighted by Gasteiger charge is -2.15. The Kier molecular flexibility index (Phi) is 7.97. The molecule has 0 unspecified atom stereocenters. The van der Waals surface area contributed by atoms with Gasteiger partial charge in [0.1, 0.15) is 17.2 Å². The third-order valence-corrected chi connectivity index (χ3v) is 5.63. The van der Waals surface area contributed by atoms with Crippen molar-refractivity contribution < 1.29 is 23.7 Å². The van der Waals surface area contributed by atoms with Crippen molar-refractivity contribution >= 4 is 34.6 Å². The van der Waals surface area contributed by atoms with Crippen LogP contribution < -0.4 is 14.2 Å². The Morgan fingerprint density at radius 3 is 2.26 bits per heavy atom. The van der Waals surface area contributed by atoms with E-state index in [1.54, 1.807) is 51.5 Å². The first kappa shape index (κ1) is 22.7. The molecule has 2 aromatic rings. The molecule has 1 amide bonds. The van der Waals surface area contributed by atoms with Gasteiger partial charge in [0.15, 0.2) is 5.17 Å². The van der Waals surface area contributed by atoms with E-state index in [1.165, 1.54) is 11.8 Å². The number of benzene rings is 2. The van der Waals surface area contributed by atoms with Gasteiger partial charge in [0.2, 0.25) is 0 Å². The largest absolute Gasteiger partial charge is 0.496 e. The van der Waals surface area contributed by atoms with Crippen molar-refractivity contribution in [1.29, 1.82) is 0 Å². The summed E-state index contributed by atoms with van der Waals surface area (Å²) in [5.41, 5.74) is 1.45. The minimum atomic E-state index is -0.115. The molecule has 0 bridgehead atoms. The quantitative estimate of drug-likeness (QED) is 0.425. The van der Waals surface area contributed by atoms with E-state index in [4.69, 9.17) is 23.9 Å². The van der Waals surface area contributed by atoms with E-state index in [9.17, 15) is 4.79 Å². The number of ether oxygens (including phenoxy) is 4. The highest BCUT2D eigenvalue weighted by Gasteiger charge is 2.33.